The van der Waals surface area contributed by atoms with Crippen molar-refractivity contribution in [3.8, 4) is 18.2 Å². The maximum absolute atomic E-state index is 12.8. The zero-order valence-corrected chi connectivity index (χ0v) is 12.1. The molecule has 0 atom stereocenters. The molecule has 0 saturated carbocycles. The van der Waals surface area contributed by atoms with Crippen LogP contribution in [0.5, 0.6) is 0 Å². The Morgan fingerprint density at radius 1 is 1.14 bits per heavy atom. The van der Waals surface area contributed by atoms with Gasteiger partial charge in [-0.1, -0.05) is 15.9 Å². The number of alkyl halides is 3. The Kier molecular flexibility index (Phi) is 4.97. The Morgan fingerprint density at radius 2 is 1.71 bits per heavy atom. The molecule has 0 aromatic heterocycles. The zero-order valence-electron chi connectivity index (χ0n) is 10.5. The quantitative estimate of drug-likeness (QED) is 0.813. The van der Waals surface area contributed by atoms with Crippen molar-refractivity contribution >= 4 is 21.6 Å². The lowest BCUT2D eigenvalue weighted by Gasteiger charge is -2.14. The fourth-order valence-corrected chi connectivity index (χ4v) is 1.85. The van der Waals surface area contributed by atoms with Gasteiger partial charge in [-0.25, -0.2) is 0 Å². The maximum Gasteiger partial charge on any atom is 0.416 e. The molecule has 8 heteroatoms. The third-order valence-electron chi connectivity index (χ3n) is 2.52. The molecule has 1 aromatic rings. The Morgan fingerprint density at radius 3 is 2.14 bits per heavy atom. The van der Waals surface area contributed by atoms with E-state index >= 15 is 0 Å². The van der Waals surface area contributed by atoms with Crippen molar-refractivity contribution in [1.29, 1.82) is 15.8 Å². The highest BCUT2D eigenvalue weighted by Crippen LogP contribution is 2.36. The van der Waals surface area contributed by atoms with Crippen molar-refractivity contribution in [2.75, 3.05) is 5.32 Å². The van der Waals surface area contributed by atoms with Crippen molar-refractivity contribution in [3.05, 3.63) is 39.0 Å². The number of nitriles is 3. The van der Waals surface area contributed by atoms with Gasteiger partial charge in [-0.2, -0.15) is 29.0 Å². The van der Waals surface area contributed by atoms with Gasteiger partial charge < -0.3 is 5.32 Å². The van der Waals surface area contributed by atoms with Gasteiger partial charge >= 0.3 is 6.18 Å². The van der Waals surface area contributed by atoms with E-state index in [9.17, 15) is 13.2 Å². The van der Waals surface area contributed by atoms with Crippen LogP contribution in [-0.2, 0) is 6.18 Å². The Labute approximate surface area is 126 Å². The van der Waals surface area contributed by atoms with Crippen molar-refractivity contribution in [2.24, 2.45) is 0 Å². The summed E-state index contributed by atoms with van der Waals surface area (Å²) < 4.78 is 38.5. The molecule has 1 rings (SSSR count). The molecule has 0 saturated heterocycles. The van der Waals surface area contributed by atoms with E-state index in [2.05, 4.69) is 21.2 Å². The first-order valence-electron chi connectivity index (χ1n) is 5.33. The van der Waals surface area contributed by atoms with E-state index in [1.165, 1.54) is 19.1 Å². The summed E-state index contributed by atoms with van der Waals surface area (Å²) in [6.45, 7) is 1.53. The van der Waals surface area contributed by atoms with Crippen LogP contribution in [0.1, 0.15) is 11.1 Å². The molecule has 0 unspecified atom stereocenters. The minimum atomic E-state index is -4.56. The highest BCUT2D eigenvalue weighted by Gasteiger charge is 2.31. The van der Waals surface area contributed by atoms with Gasteiger partial charge in [0.15, 0.2) is 5.57 Å². The van der Waals surface area contributed by atoms with Gasteiger partial charge in [0, 0.05) is 10.2 Å². The summed E-state index contributed by atoms with van der Waals surface area (Å²) >= 11 is 3.00. The van der Waals surface area contributed by atoms with E-state index in [0.717, 1.165) is 12.1 Å². The van der Waals surface area contributed by atoms with Gasteiger partial charge in [0.05, 0.1) is 5.56 Å². The van der Waals surface area contributed by atoms with E-state index in [-0.39, 0.29) is 10.2 Å². The number of nitrogens with zero attached hydrogens (tertiary/aromatic N) is 3. The van der Waals surface area contributed by atoms with E-state index in [4.69, 9.17) is 15.8 Å². The number of allylic oxidation sites excluding steroid dienone is 2. The predicted molar refractivity (Wildman–Crippen MR) is 71.4 cm³/mol. The van der Waals surface area contributed by atoms with Gasteiger partial charge in [0.25, 0.3) is 0 Å². The van der Waals surface area contributed by atoms with Crippen molar-refractivity contribution in [1.82, 2.24) is 0 Å². The van der Waals surface area contributed by atoms with Crippen molar-refractivity contribution in [2.45, 2.75) is 13.1 Å². The highest BCUT2D eigenvalue weighted by molar-refractivity contribution is 9.10. The third kappa shape index (κ3) is 3.75. The lowest BCUT2D eigenvalue weighted by atomic mass is 10.1. The average Bonchev–Trinajstić information content (AvgIpc) is 2.42. The first-order valence-corrected chi connectivity index (χ1v) is 6.12. The lowest BCUT2D eigenvalue weighted by molar-refractivity contribution is -0.137. The van der Waals surface area contributed by atoms with Gasteiger partial charge in [0.1, 0.15) is 23.9 Å². The minimum Gasteiger partial charge on any atom is -0.345 e. The van der Waals surface area contributed by atoms with E-state index in [1.54, 1.807) is 6.07 Å². The molecule has 0 aliphatic carbocycles. The molecule has 0 spiro atoms. The molecule has 0 radical (unpaired) electrons. The summed E-state index contributed by atoms with van der Waals surface area (Å²) in [5.41, 5.74) is -1.45. The molecular weight excluding hydrogens is 349 g/mol. The van der Waals surface area contributed by atoms with Crippen LogP contribution in [0.4, 0.5) is 18.9 Å². The first-order chi connectivity index (χ1) is 9.74. The molecule has 1 N–H and O–H groups in total. The second kappa shape index (κ2) is 6.30. The largest absolute Gasteiger partial charge is 0.416 e. The number of rotatable bonds is 2. The summed E-state index contributed by atoms with van der Waals surface area (Å²) in [5.74, 6) is 0. The first kappa shape index (κ1) is 16.6. The number of benzene rings is 1. The molecule has 0 fully saturated rings. The molecule has 0 amide bonds. The normalized spacial score (nSPS) is 10.0. The molecule has 4 nitrogen and oxygen atoms in total. The second-order valence-corrected chi connectivity index (χ2v) is 4.69. The van der Waals surface area contributed by atoms with Crippen LogP contribution in [0.2, 0.25) is 0 Å². The Hall–Kier alpha value is -2.50. The summed E-state index contributed by atoms with van der Waals surface area (Å²) in [5, 5.41) is 28.7. The number of halogens is 4. The number of nitrogens with one attached hydrogen (secondary N) is 1. The standard InChI is InChI=1S/C13H6BrF3N4/c1-7-10(14)2-9(13(15,16)17)3-11(7)21-12(6-20)8(4-18)5-19/h2-3,21H,1H3. The lowest BCUT2D eigenvalue weighted by Crippen LogP contribution is -2.08. The molecule has 0 bridgehead atoms. The highest BCUT2D eigenvalue weighted by atomic mass is 79.9. The van der Waals surface area contributed by atoms with E-state index in [1.807, 2.05) is 0 Å². The van der Waals surface area contributed by atoms with Gasteiger partial charge in [-0.15, -0.1) is 0 Å². The Bertz CT molecular complexity index is 714. The molecule has 106 valence electrons. The zero-order chi connectivity index (χ0) is 16.2. The van der Waals surface area contributed by atoms with Crippen LogP contribution >= 0.6 is 15.9 Å². The number of hydrogen-bond acceptors (Lipinski definition) is 4. The molecule has 1 aromatic carbocycles. The SMILES string of the molecule is Cc1c(Br)cc(C(F)(F)F)cc1NC(C#N)=C(C#N)C#N. The average molecular weight is 355 g/mol. The topological polar surface area (TPSA) is 83.4 Å². The van der Waals surface area contributed by atoms with Crippen molar-refractivity contribution < 1.29 is 13.2 Å². The summed E-state index contributed by atoms with van der Waals surface area (Å²) in [6, 6.07) is 6.31. The number of hydrogen-bond donors (Lipinski definition) is 1. The third-order valence-corrected chi connectivity index (χ3v) is 3.34. The van der Waals surface area contributed by atoms with Crippen LogP contribution in [0, 0.1) is 40.9 Å². The molecule has 0 aliphatic heterocycles. The molecular formula is C13H6BrF3N4. The second-order valence-electron chi connectivity index (χ2n) is 3.84. The van der Waals surface area contributed by atoms with Gasteiger partial charge in [0.2, 0.25) is 0 Å². The van der Waals surface area contributed by atoms with Gasteiger partial charge in [-0.05, 0) is 24.6 Å². The van der Waals surface area contributed by atoms with Crippen molar-refractivity contribution in [3.63, 3.8) is 0 Å². The fraction of sp³-hybridized carbons (Fsp3) is 0.154. The van der Waals surface area contributed by atoms with E-state index in [0.29, 0.717) is 5.56 Å². The monoisotopic (exact) mass is 354 g/mol. The van der Waals surface area contributed by atoms with Gasteiger partial charge in [-0.3, -0.25) is 0 Å². The maximum atomic E-state index is 12.8. The van der Waals surface area contributed by atoms with Crippen LogP contribution in [0.25, 0.3) is 0 Å². The summed E-state index contributed by atoms with van der Waals surface area (Å²) in [4.78, 5) is 0. The Balaban J connectivity index is 3.43. The molecule has 0 aliphatic rings. The smallest absolute Gasteiger partial charge is 0.345 e. The predicted octanol–water partition coefficient (Wildman–Crippen LogP) is 4.01. The summed E-state index contributed by atoms with van der Waals surface area (Å²) in [6.07, 6.45) is -4.56. The van der Waals surface area contributed by atoms with Crippen LogP contribution in [-0.4, -0.2) is 0 Å². The molecule has 21 heavy (non-hydrogen) atoms. The minimum absolute atomic E-state index is 0.0174. The summed E-state index contributed by atoms with van der Waals surface area (Å²) in [7, 11) is 0. The van der Waals surface area contributed by atoms with Crippen LogP contribution < -0.4 is 5.32 Å². The number of anilines is 1. The van der Waals surface area contributed by atoms with Crippen LogP contribution in [0.3, 0.4) is 0 Å². The molecule has 0 heterocycles. The fourth-order valence-electron chi connectivity index (χ4n) is 1.39. The van der Waals surface area contributed by atoms with Crippen LogP contribution in [0.15, 0.2) is 27.9 Å². The van der Waals surface area contributed by atoms with E-state index < -0.39 is 23.0 Å².